The van der Waals surface area contributed by atoms with Crippen LogP contribution in [0.2, 0.25) is 0 Å². The number of carbonyl (C=O) groups excluding carboxylic acids is 1. The first-order valence-corrected chi connectivity index (χ1v) is 4.30. The monoisotopic (exact) mass is 156 g/mol. The molecular formula is C9H18NO. The molecule has 0 aromatic heterocycles. The molecule has 11 heavy (non-hydrogen) atoms. The minimum atomic E-state index is 0.0104. The zero-order valence-corrected chi connectivity index (χ0v) is 7.98. The van der Waals surface area contributed by atoms with Gasteiger partial charge in [0.1, 0.15) is 0 Å². The van der Waals surface area contributed by atoms with Gasteiger partial charge in [-0.3, -0.25) is 4.79 Å². The molecule has 0 aromatic carbocycles. The maximum absolute atomic E-state index is 10.5. The second-order valence-corrected chi connectivity index (χ2v) is 3.04. The molecule has 0 atom stereocenters. The molecule has 0 spiro atoms. The van der Waals surface area contributed by atoms with Crippen LogP contribution in [0.5, 0.6) is 0 Å². The van der Waals surface area contributed by atoms with Crippen LogP contribution in [0.25, 0.3) is 0 Å². The quantitative estimate of drug-likeness (QED) is 0.557. The van der Waals surface area contributed by atoms with Crippen LogP contribution >= 0.6 is 0 Å². The number of amides is 1. The van der Waals surface area contributed by atoms with Crippen molar-refractivity contribution in [3.8, 4) is 0 Å². The molecule has 0 rings (SSSR count). The van der Waals surface area contributed by atoms with Crippen LogP contribution < -0.4 is 0 Å². The summed E-state index contributed by atoms with van der Waals surface area (Å²) in [4.78, 5) is 12.2. The van der Waals surface area contributed by atoms with Crippen LogP contribution in [-0.4, -0.2) is 23.4 Å². The fourth-order valence-electron chi connectivity index (χ4n) is 1.19. The first-order valence-electron chi connectivity index (χ1n) is 4.30. The van der Waals surface area contributed by atoms with Gasteiger partial charge in [-0.05, 0) is 26.7 Å². The third-order valence-corrected chi connectivity index (χ3v) is 2.60. The fraction of sp³-hybridized carbons (Fsp3) is 0.889. The summed E-state index contributed by atoms with van der Waals surface area (Å²) in [5, 5.41) is 0. The summed E-state index contributed by atoms with van der Waals surface area (Å²) >= 11 is 0. The second-order valence-electron chi connectivity index (χ2n) is 3.04. The molecule has 2 heteroatoms. The van der Waals surface area contributed by atoms with Crippen LogP contribution in [0.4, 0.5) is 0 Å². The molecule has 65 valence electrons. The highest BCUT2D eigenvalue weighted by Crippen LogP contribution is 2.20. The van der Waals surface area contributed by atoms with Crippen molar-refractivity contribution in [3.05, 3.63) is 0 Å². The van der Waals surface area contributed by atoms with Crippen LogP contribution in [0.3, 0.4) is 0 Å². The Morgan fingerprint density at radius 2 is 1.73 bits per heavy atom. The van der Waals surface area contributed by atoms with E-state index in [1.54, 1.807) is 4.90 Å². The molecular weight excluding hydrogens is 138 g/mol. The van der Waals surface area contributed by atoms with E-state index < -0.39 is 0 Å². The zero-order chi connectivity index (χ0) is 8.91. The van der Waals surface area contributed by atoms with E-state index in [4.69, 9.17) is 0 Å². The van der Waals surface area contributed by atoms with Gasteiger partial charge in [-0.2, -0.15) is 0 Å². The molecule has 0 aliphatic rings. The van der Waals surface area contributed by atoms with Crippen molar-refractivity contribution < 1.29 is 4.79 Å². The Kier molecular flexibility index (Phi) is 4.16. The average molecular weight is 156 g/mol. The third-order valence-electron chi connectivity index (χ3n) is 2.60. The molecule has 0 fully saturated rings. The van der Waals surface area contributed by atoms with E-state index in [0.717, 1.165) is 19.4 Å². The second kappa shape index (κ2) is 4.37. The Labute approximate surface area is 69.6 Å². The Hall–Kier alpha value is -0.530. The molecule has 0 saturated carbocycles. The van der Waals surface area contributed by atoms with Crippen molar-refractivity contribution in [2.24, 2.45) is 0 Å². The lowest BCUT2D eigenvalue weighted by molar-refractivity contribution is 0.179. The van der Waals surface area contributed by atoms with E-state index in [1.165, 1.54) is 0 Å². The average Bonchev–Trinajstić information content (AvgIpc) is 2.06. The van der Waals surface area contributed by atoms with Crippen LogP contribution in [-0.2, 0) is 4.79 Å². The number of nitrogens with zero attached hydrogens (tertiary/aromatic N) is 1. The smallest absolute Gasteiger partial charge is 0.312 e. The largest absolute Gasteiger partial charge is 0.329 e. The molecule has 0 aliphatic carbocycles. The van der Waals surface area contributed by atoms with Crippen molar-refractivity contribution >= 4 is 6.41 Å². The van der Waals surface area contributed by atoms with Crippen molar-refractivity contribution in [1.82, 2.24) is 4.90 Å². The standard InChI is InChI=1S/C9H18NO/c1-5-9(4,6-2)10(7-3)8-11/h5-7H2,1-4H3. The first-order chi connectivity index (χ1) is 5.14. The number of hydrogen-bond donors (Lipinski definition) is 0. The van der Waals surface area contributed by atoms with Gasteiger partial charge >= 0.3 is 6.41 Å². The highest BCUT2D eigenvalue weighted by atomic mass is 16.1. The molecule has 0 unspecified atom stereocenters. The minimum Gasteiger partial charge on any atom is -0.329 e. The molecule has 0 bridgehead atoms. The summed E-state index contributed by atoms with van der Waals surface area (Å²) in [5.41, 5.74) is 0.0104. The Morgan fingerprint density at radius 3 is 1.82 bits per heavy atom. The molecule has 0 saturated heterocycles. The Morgan fingerprint density at radius 1 is 1.27 bits per heavy atom. The maximum Gasteiger partial charge on any atom is 0.312 e. The first kappa shape index (κ1) is 10.5. The lowest BCUT2D eigenvalue weighted by Gasteiger charge is -2.36. The van der Waals surface area contributed by atoms with Crippen molar-refractivity contribution in [3.63, 3.8) is 0 Å². The number of rotatable bonds is 5. The summed E-state index contributed by atoms with van der Waals surface area (Å²) in [6.45, 7) is 9.03. The van der Waals surface area contributed by atoms with Crippen LogP contribution in [0.1, 0.15) is 40.5 Å². The van der Waals surface area contributed by atoms with Gasteiger partial charge in [0.15, 0.2) is 0 Å². The van der Waals surface area contributed by atoms with Gasteiger partial charge in [-0.1, -0.05) is 13.8 Å². The van der Waals surface area contributed by atoms with Gasteiger partial charge in [0, 0.05) is 12.1 Å². The maximum atomic E-state index is 10.5. The lowest BCUT2D eigenvalue weighted by atomic mass is 9.94. The summed E-state index contributed by atoms with van der Waals surface area (Å²) in [7, 11) is 0. The van der Waals surface area contributed by atoms with Crippen LogP contribution in [0.15, 0.2) is 0 Å². The van der Waals surface area contributed by atoms with Crippen molar-refractivity contribution in [2.75, 3.05) is 6.54 Å². The van der Waals surface area contributed by atoms with Crippen LogP contribution in [0, 0.1) is 0 Å². The highest BCUT2D eigenvalue weighted by Gasteiger charge is 2.25. The molecule has 0 N–H and O–H groups in total. The molecule has 0 aliphatic heterocycles. The summed E-state index contributed by atoms with van der Waals surface area (Å²) in [5.74, 6) is 0. The molecule has 0 heterocycles. The van der Waals surface area contributed by atoms with Gasteiger partial charge in [-0.15, -0.1) is 0 Å². The van der Waals surface area contributed by atoms with E-state index in [0.29, 0.717) is 0 Å². The Bertz CT molecular complexity index is 119. The summed E-state index contributed by atoms with van der Waals surface area (Å²) in [6.07, 6.45) is 3.96. The van der Waals surface area contributed by atoms with Gasteiger partial charge in [0.05, 0.1) is 0 Å². The molecule has 1 amide bonds. The zero-order valence-electron chi connectivity index (χ0n) is 7.98. The van der Waals surface area contributed by atoms with Crippen molar-refractivity contribution in [2.45, 2.75) is 46.1 Å². The summed E-state index contributed by atoms with van der Waals surface area (Å²) in [6, 6.07) is 0. The SMILES string of the molecule is CCN([C]=O)C(C)(CC)CC. The van der Waals surface area contributed by atoms with Crippen molar-refractivity contribution in [1.29, 1.82) is 0 Å². The van der Waals surface area contributed by atoms with E-state index in [-0.39, 0.29) is 5.54 Å². The van der Waals surface area contributed by atoms with E-state index in [2.05, 4.69) is 20.8 Å². The lowest BCUT2D eigenvalue weighted by Crippen LogP contribution is -2.44. The molecule has 2 nitrogen and oxygen atoms in total. The predicted octanol–water partition coefficient (Wildman–Crippen LogP) is 1.95. The third kappa shape index (κ3) is 2.21. The topological polar surface area (TPSA) is 20.3 Å². The predicted molar refractivity (Wildman–Crippen MR) is 47.1 cm³/mol. The van der Waals surface area contributed by atoms with E-state index in [9.17, 15) is 4.79 Å². The van der Waals surface area contributed by atoms with E-state index in [1.807, 2.05) is 13.3 Å². The normalized spacial score (nSPS) is 11.3. The molecule has 1 radical (unpaired) electrons. The molecule has 0 aromatic rings. The van der Waals surface area contributed by atoms with Gasteiger partial charge < -0.3 is 4.90 Å². The van der Waals surface area contributed by atoms with E-state index >= 15 is 0 Å². The van der Waals surface area contributed by atoms with Gasteiger partial charge in [0.25, 0.3) is 0 Å². The van der Waals surface area contributed by atoms with Gasteiger partial charge in [0.2, 0.25) is 0 Å². The summed E-state index contributed by atoms with van der Waals surface area (Å²) < 4.78 is 0. The number of hydrogen-bond acceptors (Lipinski definition) is 1. The highest BCUT2D eigenvalue weighted by molar-refractivity contribution is 5.49. The van der Waals surface area contributed by atoms with Gasteiger partial charge in [-0.25, -0.2) is 0 Å². The Balaban J connectivity index is 4.30. The fourth-order valence-corrected chi connectivity index (χ4v) is 1.19. The minimum absolute atomic E-state index is 0.0104.